The van der Waals surface area contributed by atoms with Crippen molar-refractivity contribution in [3.8, 4) is 11.1 Å². The van der Waals surface area contributed by atoms with Gasteiger partial charge in [-0.2, -0.15) is 0 Å². The topological polar surface area (TPSA) is 0 Å². The van der Waals surface area contributed by atoms with Gasteiger partial charge in [0.25, 0.3) is 0 Å². The van der Waals surface area contributed by atoms with Crippen molar-refractivity contribution in [3.63, 3.8) is 0 Å². The van der Waals surface area contributed by atoms with E-state index in [2.05, 4.69) is 62.4 Å². The normalized spacial score (nSPS) is 10.9. The van der Waals surface area contributed by atoms with Crippen LogP contribution >= 0.6 is 0 Å². The van der Waals surface area contributed by atoms with Crippen molar-refractivity contribution in [3.05, 3.63) is 59.7 Å². The number of hydrogen-bond donors (Lipinski definition) is 0. The summed E-state index contributed by atoms with van der Waals surface area (Å²) < 4.78 is 0. The van der Waals surface area contributed by atoms with Crippen molar-refractivity contribution in [2.24, 2.45) is 0 Å². The molecule has 0 amide bonds. The molecule has 0 aliphatic rings. The molecule has 129 valence electrons. The van der Waals surface area contributed by atoms with Gasteiger partial charge in [-0.1, -0.05) is 94.8 Å². The second-order valence-electron chi connectivity index (χ2n) is 6.84. The molecule has 0 N–H and O–H groups in total. The van der Waals surface area contributed by atoms with E-state index < -0.39 is 0 Å². The molecule has 0 heteroatoms. The lowest BCUT2D eigenvalue weighted by molar-refractivity contribution is 0.607. The first-order chi connectivity index (χ1) is 11.9. The van der Waals surface area contributed by atoms with Gasteiger partial charge in [0.1, 0.15) is 0 Å². The minimum absolute atomic E-state index is 1.16. The Kier molecular flexibility index (Phi) is 8.66. The van der Waals surface area contributed by atoms with E-state index in [1.165, 1.54) is 80.0 Å². The lowest BCUT2D eigenvalue weighted by atomic mass is 9.91. The highest BCUT2D eigenvalue weighted by atomic mass is 14.1. The summed E-state index contributed by atoms with van der Waals surface area (Å²) in [6.07, 6.45) is 13.0. The summed E-state index contributed by atoms with van der Waals surface area (Å²) in [5.41, 5.74) is 5.71. The van der Waals surface area contributed by atoms with E-state index >= 15 is 0 Å². The molecule has 0 heterocycles. The number of aryl methyl sites for hydroxylation is 2. The van der Waals surface area contributed by atoms with Crippen LogP contribution in [0, 0.1) is 6.07 Å². The van der Waals surface area contributed by atoms with Gasteiger partial charge in [0.2, 0.25) is 0 Å². The van der Waals surface area contributed by atoms with E-state index in [1.807, 2.05) is 0 Å². The van der Waals surface area contributed by atoms with Crippen LogP contribution in [0.25, 0.3) is 11.1 Å². The van der Waals surface area contributed by atoms with Crippen LogP contribution in [-0.2, 0) is 12.8 Å². The third kappa shape index (κ3) is 5.82. The maximum absolute atomic E-state index is 3.52. The van der Waals surface area contributed by atoms with Crippen LogP contribution in [0.1, 0.15) is 76.3 Å². The van der Waals surface area contributed by atoms with E-state index in [1.54, 1.807) is 0 Å². The van der Waals surface area contributed by atoms with Crippen molar-refractivity contribution in [1.82, 2.24) is 0 Å². The molecule has 0 spiro atoms. The van der Waals surface area contributed by atoms with Crippen molar-refractivity contribution >= 4 is 0 Å². The van der Waals surface area contributed by atoms with Crippen LogP contribution in [-0.4, -0.2) is 0 Å². The van der Waals surface area contributed by atoms with Crippen molar-refractivity contribution in [2.75, 3.05) is 0 Å². The first-order valence-electron chi connectivity index (χ1n) is 9.94. The summed E-state index contributed by atoms with van der Waals surface area (Å²) >= 11 is 0. The maximum atomic E-state index is 3.52. The Bertz CT molecular complexity index is 582. The minimum Gasteiger partial charge on any atom is -0.0654 e. The van der Waals surface area contributed by atoms with E-state index in [0.29, 0.717) is 0 Å². The fourth-order valence-corrected chi connectivity index (χ4v) is 3.38. The second kappa shape index (κ2) is 11.1. The predicted molar refractivity (Wildman–Crippen MR) is 106 cm³/mol. The monoisotopic (exact) mass is 321 g/mol. The summed E-state index contributed by atoms with van der Waals surface area (Å²) in [6, 6.07) is 19.0. The summed E-state index contributed by atoms with van der Waals surface area (Å²) in [7, 11) is 0. The fraction of sp³-hybridized carbons (Fsp3) is 0.500. The molecule has 0 bridgehead atoms. The molecule has 0 saturated carbocycles. The van der Waals surface area contributed by atoms with Crippen molar-refractivity contribution in [1.29, 1.82) is 0 Å². The van der Waals surface area contributed by atoms with Crippen LogP contribution in [0.4, 0.5) is 0 Å². The summed E-state index contributed by atoms with van der Waals surface area (Å²) in [5, 5.41) is 0. The Hall–Kier alpha value is -1.56. The molecule has 24 heavy (non-hydrogen) atoms. The van der Waals surface area contributed by atoms with Crippen molar-refractivity contribution < 1.29 is 0 Å². The quantitative estimate of drug-likeness (QED) is 0.378. The van der Waals surface area contributed by atoms with Crippen LogP contribution in [0.3, 0.4) is 0 Å². The van der Waals surface area contributed by atoms with Crippen LogP contribution in [0.15, 0.2) is 42.5 Å². The van der Waals surface area contributed by atoms with Gasteiger partial charge in [0.15, 0.2) is 0 Å². The number of unbranched alkanes of at least 4 members (excludes halogenated alkanes) is 6. The molecule has 2 aromatic carbocycles. The third-order valence-corrected chi connectivity index (χ3v) is 4.83. The number of hydrogen-bond acceptors (Lipinski definition) is 0. The van der Waals surface area contributed by atoms with E-state index in [0.717, 1.165) is 6.42 Å². The first-order valence-corrected chi connectivity index (χ1v) is 9.94. The summed E-state index contributed by atoms with van der Waals surface area (Å²) in [4.78, 5) is 0. The molecule has 0 aliphatic carbocycles. The standard InChI is InChI=1S/C24H33/c1-3-5-7-8-9-10-16-22-18-12-14-20-24(22)23-19-13-11-17-21(23)15-6-4-2/h11-14,17,19-20H,3-10,15-16H2,1-2H3. The summed E-state index contributed by atoms with van der Waals surface area (Å²) in [6.45, 7) is 4.55. The van der Waals surface area contributed by atoms with Gasteiger partial charge < -0.3 is 0 Å². The Morgan fingerprint density at radius 2 is 1.38 bits per heavy atom. The molecular formula is C24H33. The van der Waals surface area contributed by atoms with Gasteiger partial charge in [-0.25, -0.2) is 0 Å². The number of benzene rings is 2. The highest BCUT2D eigenvalue weighted by molar-refractivity contribution is 5.70. The largest absolute Gasteiger partial charge is 0.0654 e. The zero-order valence-electron chi connectivity index (χ0n) is 15.6. The Morgan fingerprint density at radius 3 is 2.21 bits per heavy atom. The van der Waals surface area contributed by atoms with Crippen LogP contribution < -0.4 is 0 Å². The Morgan fingerprint density at radius 1 is 0.667 bits per heavy atom. The zero-order valence-corrected chi connectivity index (χ0v) is 15.6. The smallest absolute Gasteiger partial charge is 0.0143 e. The van der Waals surface area contributed by atoms with E-state index in [4.69, 9.17) is 0 Å². The first kappa shape index (κ1) is 18.8. The average Bonchev–Trinajstić information content (AvgIpc) is 2.63. The Labute approximate surface area is 149 Å². The molecule has 0 nitrogen and oxygen atoms in total. The van der Waals surface area contributed by atoms with Gasteiger partial charge in [0, 0.05) is 0 Å². The lowest BCUT2D eigenvalue weighted by Crippen LogP contribution is -1.95. The SMILES string of the molecule is CCCCCCCCc1[c]cccc1-c1ccccc1CCCC. The minimum atomic E-state index is 1.16. The van der Waals surface area contributed by atoms with Gasteiger partial charge in [-0.3, -0.25) is 0 Å². The van der Waals surface area contributed by atoms with Gasteiger partial charge >= 0.3 is 0 Å². The van der Waals surface area contributed by atoms with E-state index in [-0.39, 0.29) is 0 Å². The molecular weight excluding hydrogens is 288 g/mol. The molecule has 0 unspecified atom stereocenters. The van der Waals surface area contributed by atoms with Crippen LogP contribution in [0.5, 0.6) is 0 Å². The van der Waals surface area contributed by atoms with Crippen molar-refractivity contribution in [2.45, 2.75) is 78.1 Å². The van der Waals surface area contributed by atoms with Gasteiger partial charge in [0.05, 0.1) is 0 Å². The van der Waals surface area contributed by atoms with Gasteiger partial charge in [-0.05, 0) is 54.0 Å². The molecule has 0 saturated heterocycles. The van der Waals surface area contributed by atoms with Gasteiger partial charge in [-0.15, -0.1) is 0 Å². The molecule has 2 rings (SSSR count). The zero-order chi connectivity index (χ0) is 17.0. The lowest BCUT2D eigenvalue weighted by Gasteiger charge is -2.14. The average molecular weight is 322 g/mol. The molecule has 1 radical (unpaired) electrons. The van der Waals surface area contributed by atoms with Crippen LogP contribution in [0.2, 0.25) is 0 Å². The molecule has 2 aromatic rings. The third-order valence-electron chi connectivity index (χ3n) is 4.83. The Balaban J connectivity index is 2.06. The highest BCUT2D eigenvalue weighted by Crippen LogP contribution is 2.29. The molecule has 0 fully saturated rings. The predicted octanol–water partition coefficient (Wildman–Crippen LogP) is 7.40. The highest BCUT2D eigenvalue weighted by Gasteiger charge is 2.09. The summed E-state index contributed by atoms with van der Waals surface area (Å²) in [5.74, 6) is 0. The molecule has 0 aliphatic heterocycles. The maximum Gasteiger partial charge on any atom is -0.0143 e. The second-order valence-corrected chi connectivity index (χ2v) is 6.84. The fourth-order valence-electron chi connectivity index (χ4n) is 3.38. The molecule has 0 atom stereocenters. The van der Waals surface area contributed by atoms with E-state index in [9.17, 15) is 0 Å². The molecule has 0 aromatic heterocycles. The number of rotatable bonds is 11.